The van der Waals surface area contributed by atoms with Gasteiger partial charge < -0.3 is 10.1 Å². The summed E-state index contributed by atoms with van der Waals surface area (Å²) in [6.07, 6.45) is 4.52. The number of ether oxygens (including phenoxy) is 1. The standard InChI is InChI=1S/C16H18N2O2/c1-12-8-14(11-17-10-12)18-16(19)7-6-13-4-3-5-15(9-13)20-2/h3-5,8-11H,6-7H2,1-2H3,(H,18,19). The van der Waals surface area contributed by atoms with Crippen LogP contribution < -0.4 is 10.1 Å². The van der Waals surface area contributed by atoms with E-state index in [1.54, 1.807) is 19.5 Å². The molecule has 104 valence electrons. The van der Waals surface area contributed by atoms with Crippen LogP contribution in [-0.4, -0.2) is 18.0 Å². The molecule has 0 bridgehead atoms. The van der Waals surface area contributed by atoms with Crippen LogP contribution in [0.5, 0.6) is 5.75 Å². The Bertz CT molecular complexity index is 597. The number of methoxy groups -OCH3 is 1. The van der Waals surface area contributed by atoms with Crippen LogP contribution >= 0.6 is 0 Å². The Morgan fingerprint density at radius 2 is 2.15 bits per heavy atom. The highest BCUT2D eigenvalue weighted by Gasteiger charge is 2.04. The number of aromatic nitrogens is 1. The number of aryl methyl sites for hydroxylation is 2. The van der Waals surface area contributed by atoms with Crippen molar-refractivity contribution in [3.63, 3.8) is 0 Å². The molecule has 0 fully saturated rings. The summed E-state index contributed by atoms with van der Waals surface area (Å²) < 4.78 is 5.16. The van der Waals surface area contributed by atoms with Gasteiger partial charge >= 0.3 is 0 Å². The van der Waals surface area contributed by atoms with Gasteiger partial charge in [-0.2, -0.15) is 0 Å². The van der Waals surface area contributed by atoms with Crippen LogP contribution in [0.1, 0.15) is 17.5 Å². The van der Waals surface area contributed by atoms with Crippen molar-refractivity contribution >= 4 is 11.6 Å². The van der Waals surface area contributed by atoms with Crippen LogP contribution in [0.25, 0.3) is 0 Å². The second-order valence-electron chi connectivity index (χ2n) is 4.65. The lowest BCUT2D eigenvalue weighted by Crippen LogP contribution is -2.12. The lowest BCUT2D eigenvalue weighted by Gasteiger charge is -2.06. The number of carbonyl (C=O) groups excluding carboxylic acids is 1. The number of nitrogens with one attached hydrogen (secondary N) is 1. The van der Waals surface area contributed by atoms with Gasteiger partial charge in [-0.1, -0.05) is 12.1 Å². The molecule has 1 N–H and O–H groups in total. The SMILES string of the molecule is COc1cccc(CCC(=O)Nc2cncc(C)c2)c1. The first-order valence-electron chi connectivity index (χ1n) is 6.52. The second kappa shape index (κ2) is 6.70. The topological polar surface area (TPSA) is 51.2 Å². The first kappa shape index (κ1) is 14.1. The molecule has 0 aliphatic carbocycles. The summed E-state index contributed by atoms with van der Waals surface area (Å²) in [6.45, 7) is 1.94. The summed E-state index contributed by atoms with van der Waals surface area (Å²) in [6, 6.07) is 9.65. The summed E-state index contributed by atoms with van der Waals surface area (Å²) in [5.74, 6) is 0.797. The first-order valence-corrected chi connectivity index (χ1v) is 6.52. The van der Waals surface area contributed by atoms with Crippen LogP contribution in [0, 0.1) is 6.92 Å². The van der Waals surface area contributed by atoms with Crippen LogP contribution in [0.15, 0.2) is 42.7 Å². The summed E-state index contributed by atoms with van der Waals surface area (Å²) in [5.41, 5.74) is 2.85. The molecule has 4 heteroatoms. The number of nitrogens with zero attached hydrogens (tertiary/aromatic N) is 1. The minimum atomic E-state index is -0.0137. The molecule has 0 unspecified atom stereocenters. The van der Waals surface area contributed by atoms with Gasteiger partial charge in [0, 0.05) is 12.6 Å². The van der Waals surface area contributed by atoms with E-state index in [0.717, 1.165) is 22.6 Å². The molecule has 4 nitrogen and oxygen atoms in total. The zero-order chi connectivity index (χ0) is 14.4. The van der Waals surface area contributed by atoms with Crippen molar-refractivity contribution in [2.75, 3.05) is 12.4 Å². The third kappa shape index (κ3) is 4.09. The minimum absolute atomic E-state index is 0.0137. The van der Waals surface area contributed by atoms with E-state index in [9.17, 15) is 4.79 Å². The van der Waals surface area contributed by atoms with Gasteiger partial charge in [0.2, 0.25) is 5.91 Å². The molecule has 1 amide bonds. The van der Waals surface area contributed by atoms with Gasteiger partial charge in [0.05, 0.1) is 19.0 Å². The van der Waals surface area contributed by atoms with E-state index in [-0.39, 0.29) is 5.91 Å². The van der Waals surface area contributed by atoms with Crippen LogP contribution in [0.3, 0.4) is 0 Å². The summed E-state index contributed by atoms with van der Waals surface area (Å²) >= 11 is 0. The fraction of sp³-hybridized carbons (Fsp3) is 0.250. The van der Waals surface area contributed by atoms with E-state index in [4.69, 9.17) is 4.74 Å². The number of rotatable bonds is 5. The number of anilines is 1. The predicted octanol–water partition coefficient (Wildman–Crippen LogP) is 2.97. The second-order valence-corrected chi connectivity index (χ2v) is 4.65. The molecule has 2 rings (SSSR count). The van der Waals surface area contributed by atoms with Gasteiger partial charge in [0.25, 0.3) is 0 Å². The number of pyridine rings is 1. The molecule has 0 atom stereocenters. The lowest BCUT2D eigenvalue weighted by atomic mass is 10.1. The Labute approximate surface area is 118 Å². The molecule has 0 radical (unpaired) electrons. The molecule has 2 aromatic rings. The third-order valence-electron chi connectivity index (χ3n) is 2.93. The fourth-order valence-corrected chi connectivity index (χ4v) is 1.93. The molecule has 1 aromatic carbocycles. The quantitative estimate of drug-likeness (QED) is 0.908. The molecule has 0 aliphatic heterocycles. The van der Waals surface area contributed by atoms with Gasteiger partial charge in [-0.05, 0) is 42.7 Å². The van der Waals surface area contributed by atoms with Crippen molar-refractivity contribution < 1.29 is 9.53 Å². The van der Waals surface area contributed by atoms with Crippen molar-refractivity contribution in [1.82, 2.24) is 4.98 Å². The van der Waals surface area contributed by atoms with Gasteiger partial charge in [-0.15, -0.1) is 0 Å². The van der Waals surface area contributed by atoms with Crippen molar-refractivity contribution in [1.29, 1.82) is 0 Å². The third-order valence-corrected chi connectivity index (χ3v) is 2.93. The minimum Gasteiger partial charge on any atom is -0.497 e. The van der Waals surface area contributed by atoms with E-state index in [1.807, 2.05) is 37.3 Å². The number of benzene rings is 1. The number of amides is 1. The average molecular weight is 270 g/mol. The number of hydrogen-bond donors (Lipinski definition) is 1. The highest BCUT2D eigenvalue weighted by atomic mass is 16.5. The smallest absolute Gasteiger partial charge is 0.224 e. The molecule has 0 aliphatic rings. The Morgan fingerprint density at radius 3 is 2.90 bits per heavy atom. The Kier molecular flexibility index (Phi) is 4.71. The van der Waals surface area contributed by atoms with Crippen LogP contribution in [0.4, 0.5) is 5.69 Å². The predicted molar refractivity (Wildman–Crippen MR) is 78.9 cm³/mol. The summed E-state index contributed by atoms with van der Waals surface area (Å²) in [4.78, 5) is 15.9. The molecular weight excluding hydrogens is 252 g/mol. The molecular formula is C16H18N2O2. The van der Waals surface area contributed by atoms with E-state index >= 15 is 0 Å². The summed E-state index contributed by atoms with van der Waals surface area (Å²) in [5, 5.41) is 2.85. The molecule has 1 heterocycles. The molecule has 0 saturated carbocycles. The fourth-order valence-electron chi connectivity index (χ4n) is 1.93. The Morgan fingerprint density at radius 1 is 1.30 bits per heavy atom. The molecule has 20 heavy (non-hydrogen) atoms. The van der Waals surface area contributed by atoms with E-state index < -0.39 is 0 Å². The molecule has 0 saturated heterocycles. The maximum absolute atomic E-state index is 11.9. The van der Waals surface area contributed by atoms with Gasteiger partial charge in [-0.3, -0.25) is 9.78 Å². The lowest BCUT2D eigenvalue weighted by molar-refractivity contribution is -0.116. The number of carbonyl (C=O) groups is 1. The summed E-state index contributed by atoms with van der Waals surface area (Å²) in [7, 11) is 1.64. The monoisotopic (exact) mass is 270 g/mol. The van der Waals surface area contributed by atoms with Gasteiger partial charge in [0.15, 0.2) is 0 Å². The van der Waals surface area contributed by atoms with Crippen molar-refractivity contribution in [2.24, 2.45) is 0 Å². The molecule has 0 spiro atoms. The maximum Gasteiger partial charge on any atom is 0.224 e. The van der Waals surface area contributed by atoms with E-state index in [0.29, 0.717) is 12.8 Å². The van der Waals surface area contributed by atoms with Gasteiger partial charge in [-0.25, -0.2) is 0 Å². The zero-order valence-corrected chi connectivity index (χ0v) is 11.7. The van der Waals surface area contributed by atoms with Gasteiger partial charge in [0.1, 0.15) is 5.75 Å². The molecule has 1 aromatic heterocycles. The number of hydrogen-bond acceptors (Lipinski definition) is 3. The Balaban J connectivity index is 1.88. The van der Waals surface area contributed by atoms with Crippen molar-refractivity contribution in [3.05, 3.63) is 53.9 Å². The van der Waals surface area contributed by atoms with Crippen molar-refractivity contribution in [3.8, 4) is 5.75 Å². The van der Waals surface area contributed by atoms with Crippen LogP contribution in [-0.2, 0) is 11.2 Å². The van der Waals surface area contributed by atoms with Crippen molar-refractivity contribution in [2.45, 2.75) is 19.8 Å². The average Bonchev–Trinajstić information content (AvgIpc) is 2.45. The Hall–Kier alpha value is -2.36. The van der Waals surface area contributed by atoms with E-state index in [2.05, 4.69) is 10.3 Å². The van der Waals surface area contributed by atoms with Crippen LogP contribution in [0.2, 0.25) is 0 Å². The first-order chi connectivity index (χ1) is 9.67. The largest absolute Gasteiger partial charge is 0.497 e. The highest BCUT2D eigenvalue weighted by molar-refractivity contribution is 5.90. The highest BCUT2D eigenvalue weighted by Crippen LogP contribution is 2.14. The zero-order valence-electron chi connectivity index (χ0n) is 11.7. The van der Waals surface area contributed by atoms with E-state index in [1.165, 1.54) is 0 Å². The normalized spacial score (nSPS) is 10.1. The maximum atomic E-state index is 11.9.